The summed E-state index contributed by atoms with van der Waals surface area (Å²) in [6.45, 7) is 6.28. The van der Waals surface area contributed by atoms with E-state index in [1.165, 1.54) is 19.4 Å². The summed E-state index contributed by atoms with van der Waals surface area (Å²) in [7, 11) is 0. The zero-order chi connectivity index (χ0) is 14.8. The molecule has 6 heteroatoms. The Balaban J connectivity index is 1.55. The lowest BCUT2D eigenvalue weighted by Gasteiger charge is -2.34. The zero-order valence-corrected chi connectivity index (χ0v) is 12.8. The first-order valence-corrected chi connectivity index (χ1v) is 7.87. The number of nitro groups is 1. The maximum absolute atomic E-state index is 10.9. The van der Waals surface area contributed by atoms with Crippen molar-refractivity contribution in [1.29, 1.82) is 0 Å². The third kappa shape index (κ3) is 3.93. The number of nitro benzene ring substituents is 1. The molecule has 5 nitrogen and oxygen atoms in total. The van der Waals surface area contributed by atoms with Gasteiger partial charge in [0.15, 0.2) is 0 Å². The Hall–Kier alpha value is -1.17. The number of hydrogen-bond acceptors (Lipinski definition) is 4. The number of nitrogens with zero attached hydrogens (tertiary/aromatic N) is 3. The van der Waals surface area contributed by atoms with Crippen LogP contribution in [0, 0.1) is 16.0 Å². The van der Waals surface area contributed by atoms with Crippen molar-refractivity contribution in [3.05, 3.63) is 38.9 Å². The van der Waals surface area contributed by atoms with Gasteiger partial charge in [0.2, 0.25) is 0 Å². The Morgan fingerprint density at radius 1 is 1.19 bits per heavy atom. The Kier molecular flexibility index (Phi) is 4.42. The van der Waals surface area contributed by atoms with E-state index in [0.29, 0.717) is 0 Å². The van der Waals surface area contributed by atoms with Gasteiger partial charge in [0, 0.05) is 45.3 Å². The highest BCUT2D eigenvalue weighted by molar-refractivity contribution is 6.32. The molecule has 2 aliphatic rings. The van der Waals surface area contributed by atoms with Gasteiger partial charge in [-0.2, -0.15) is 0 Å². The van der Waals surface area contributed by atoms with Crippen LogP contribution in [0.2, 0.25) is 5.02 Å². The van der Waals surface area contributed by atoms with Crippen molar-refractivity contribution >= 4 is 17.3 Å². The molecule has 1 heterocycles. The SMILES string of the molecule is O=[N+]([O-])c1cc(CN2CCN(CC3CC3)CC2)ccc1Cl. The highest BCUT2D eigenvalue weighted by Gasteiger charge is 2.26. The van der Waals surface area contributed by atoms with Gasteiger partial charge in [-0.1, -0.05) is 17.7 Å². The van der Waals surface area contributed by atoms with Gasteiger partial charge in [-0.25, -0.2) is 0 Å². The minimum atomic E-state index is -0.417. The van der Waals surface area contributed by atoms with Crippen molar-refractivity contribution in [1.82, 2.24) is 9.80 Å². The third-order valence-corrected chi connectivity index (χ3v) is 4.61. The Labute approximate surface area is 129 Å². The first kappa shape index (κ1) is 14.8. The predicted octanol–water partition coefficient (Wildman–Crippen LogP) is 2.78. The summed E-state index contributed by atoms with van der Waals surface area (Å²) in [5.41, 5.74) is 0.961. The molecule has 3 rings (SSSR count). The maximum atomic E-state index is 10.9. The summed E-state index contributed by atoms with van der Waals surface area (Å²) in [6.07, 6.45) is 2.79. The summed E-state index contributed by atoms with van der Waals surface area (Å²) in [5, 5.41) is 11.1. The number of halogens is 1. The van der Waals surface area contributed by atoms with E-state index in [0.717, 1.165) is 44.2 Å². The molecule has 1 aromatic carbocycles. The molecular formula is C15H20ClN3O2. The van der Waals surface area contributed by atoms with Gasteiger partial charge in [0.25, 0.3) is 5.69 Å². The zero-order valence-electron chi connectivity index (χ0n) is 12.0. The molecule has 114 valence electrons. The van der Waals surface area contributed by atoms with Gasteiger partial charge < -0.3 is 4.90 Å². The molecular weight excluding hydrogens is 290 g/mol. The van der Waals surface area contributed by atoms with Crippen molar-refractivity contribution in [2.45, 2.75) is 19.4 Å². The van der Waals surface area contributed by atoms with Crippen LogP contribution in [0.25, 0.3) is 0 Å². The molecule has 0 bridgehead atoms. The highest BCUT2D eigenvalue weighted by Crippen LogP contribution is 2.30. The van der Waals surface area contributed by atoms with Crippen molar-refractivity contribution in [2.24, 2.45) is 5.92 Å². The average Bonchev–Trinajstić information content (AvgIpc) is 3.27. The summed E-state index contributed by atoms with van der Waals surface area (Å²) >= 11 is 5.85. The van der Waals surface area contributed by atoms with Crippen molar-refractivity contribution in [3.63, 3.8) is 0 Å². The van der Waals surface area contributed by atoms with E-state index in [9.17, 15) is 10.1 Å². The summed E-state index contributed by atoms with van der Waals surface area (Å²) < 4.78 is 0. The first-order chi connectivity index (χ1) is 10.1. The fourth-order valence-electron chi connectivity index (χ4n) is 2.85. The van der Waals surface area contributed by atoms with E-state index in [1.54, 1.807) is 12.1 Å². The molecule has 21 heavy (non-hydrogen) atoms. The third-order valence-electron chi connectivity index (χ3n) is 4.29. The molecule has 1 saturated heterocycles. The smallest absolute Gasteiger partial charge is 0.288 e. The fourth-order valence-corrected chi connectivity index (χ4v) is 3.04. The van der Waals surface area contributed by atoms with Crippen LogP contribution in [0.4, 0.5) is 5.69 Å². The average molecular weight is 310 g/mol. The van der Waals surface area contributed by atoms with E-state index >= 15 is 0 Å². The molecule has 0 radical (unpaired) electrons. The summed E-state index contributed by atoms with van der Waals surface area (Å²) in [4.78, 5) is 15.4. The van der Waals surface area contributed by atoms with E-state index in [-0.39, 0.29) is 10.7 Å². The number of rotatable bonds is 5. The second-order valence-electron chi connectivity index (χ2n) is 6.06. The van der Waals surface area contributed by atoms with E-state index in [4.69, 9.17) is 11.6 Å². The van der Waals surface area contributed by atoms with Crippen LogP contribution in [0.15, 0.2) is 18.2 Å². The minimum absolute atomic E-state index is 0.00142. The van der Waals surface area contributed by atoms with Crippen LogP contribution in [0.1, 0.15) is 18.4 Å². The molecule has 1 saturated carbocycles. The largest absolute Gasteiger partial charge is 0.301 e. The molecule has 1 aromatic rings. The molecule has 0 aromatic heterocycles. The molecule has 1 aliphatic carbocycles. The van der Waals surface area contributed by atoms with Crippen LogP contribution in [0.5, 0.6) is 0 Å². The second-order valence-corrected chi connectivity index (χ2v) is 6.47. The molecule has 0 unspecified atom stereocenters. The molecule has 1 aliphatic heterocycles. The Morgan fingerprint density at radius 2 is 1.86 bits per heavy atom. The molecule has 0 amide bonds. The van der Waals surface area contributed by atoms with E-state index < -0.39 is 4.92 Å². The Bertz CT molecular complexity index is 526. The van der Waals surface area contributed by atoms with Crippen molar-refractivity contribution in [3.8, 4) is 0 Å². The van der Waals surface area contributed by atoms with Gasteiger partial charge in [0.05, 0.1) is 4.92 Å². The van der Waals surface area contributed by atoms with Gasteiger partial charge in [-0.05, 0) is 30.4 Å². The number of hydrogen-bond donors (Lipinski definition) is 0. The van der Waals surface area contributed by atoms with Crippen LogP contribution < -0.4 is 0 Å². The fraction of sp³-hybridized carbons (Fsp3) is 0.600. The van der Waals surface area contributed by atoms with Crippen LogP contribution in [0.3, 0.4) is 0 Å². The quantitative estimate of drug-likeness (QED) is 0.620. The highest BCUT2D eigenvalue weighted by atomic mass is 35.5. The lowest BCUT2D eigenvalue weighted by molar-refractivity contribution is -0.384. The topological polar surface area (TPSA) is 49.6 Å². The van der Waals surface area contributed by atoms with Gasteiger partial charge >= 0.3 is 0 Å². The molecule has 2 fully saturated rings. The van der Waals surface area contributed by atoms with Crippen molar-refractivity contribution in [2.75, 3.05) is 32.7 Å². The standard InChI is InChI=1S/C15H20ClN3O2/c16-14-4-3-13(9-15(14)19(20)21)11-18-7-5-17(6-8-18)10-12-1-2-12/h3-4,9,12H,1-2,5-8,10-11H2. The summed E-state index contributed by atoms with van der Waals surface area (Å²) in [6, 6.07) is 5.10. The molecule has 0 N–H and O–H groups in total. The first-order valence-electron chi connectivity index (χ1n) is 7.49. The van der Waals surface area contributed by atoms with Gasteiger partial charge in [-0.15, -0.1) is 0 Å². The van der Waals surface area contributed by atoms with Crippen LogP contribution >= 0.6 is 11.6 Å². The van der Waals surface area contributed by atoms with E-state index in [2.05, 4.69) is 9.80 Å². The van der Waals surface area contributed by atoms with Gasteiger partial charge in [-0.3, -0.25) is 15.0 Å². The van der Waals surface area contributed by atoms with Gasteiger partial charge in [0.1, 0.15) is 5.02 Å². The number of piperazine rings is 1. The summed E-state index contributed by atoms with van der Waals surface area (Å²) in [5.74, 6) is 0.940. The van der Waals surface area contributed by atoms with Crippen molar-refractivity contribution < 1.29 is 4.92 Å². The molecule has 0 spiro atoms. The lowest BCUT2D eigenvalue weighted by atomic mass is 10.1. The minimum Gasteiger partial charge on any atom is -0.301 e. The predicted molar refractivity (Wildman–Crippen MR) is 82.5 cm³/mol. The lowest BCUT2D eigenvalue weighted by Crippen LogP contribution is -2.46. The van der Waals surface area contributed by atoms with Crippen LogP contribution in [-0.2, 0) is 6.54 Å². The molecule has 0 atom stereocenters. The number of benzene rings is 1. The van der Waals surface area contributed by atoms with E-state index in [1.807, 2.05) is 6.07 Å². The normalized spacial score (nSPS) is 20.6. The second kappa shape index (κ2) is 6.30. The monoisotopic (exact) mass is 309 g/mol. The Morgan fingerprint density at radius 3 is 2.48 bits per heavy atom. The van der Waals surface area contributed by atoms with Crippen LogP contribution in [-0.4, -0.2) is 47.4 Å². The maximum Gasteiger partial charge on any atom is 0.288 e.